The van der Waals surface area contributed by atoms with Gasteiger partial charge in [0, 0.05) is 23.1 Å². The molecule has 1 aliphatic rings. The summed E-state index contributed by atoms with van der Waals surface area (Å²) in [6.45, 7) is 6.97. The molecule has 2 nitrogen and oxygen atoms in total. The molecule has 1 aromatic carbocycles. The van der Waals surface area contributed by atoms with Gasteiger partial charge in [0.25, 0.3) is 0 Å². The maximum Gasteiger partial charge on any atom is 0.127 e. The number of halogens is 1. The molecule has 0 radical (unpaired) electrons. The maximum absolute atomic E-state index is 5.81. The van der Waals surface area contributed by atoms with Gasteiger partial charge in [-0.1, -0.05) is 29.8 Å². The van der Waals surface area contributed by atoms with Crippen LogP contribution in [0.2, 0.25) is 0 Å². The van der Waals surface area contributed by atoms with Gasteiger partial charge in [0.15, 0.2) is 0 Å². The molecule has 0 unspecified atom stereocenters. The molecule has 0 aliphatic carbocycles. The first kappa shape index (κ1) is 11.0. The normalized spacial score (nSPS) is 15.7. The van der Waals surface area contributed by atoms with Gasteiger partial charge in [0.1, 0.15) is 12.4 Å². The minimum atomic E-state index is 0.495. The van der Waals surface area contributed by atoms with Crippen molar-refractivity contribution in [1.29, 1.82) is 0 Å². The number of rotatable bonds is 1. The number of benzene rings is 1. The average Bonchev–Trinajstić information content (AvgIpc) is 2.41. The maximum atomic E-state index is 5.81. The Kier molecular flexibility index (Phi) is 3.32. The lowest BCUT2D eigenvalue weighted by Gasteiger charge is -2.15. The van der Waals surface area contributed by atoms with Crippen LogP contribution in [0.1, 0.15) is 30.9 Å². The van der Waals surface area contributed by atoms with Crippen LogP contribution in [0.5, 0.6) is 5.75 Å². The topological polar surface area (TPSA) is 21.3 Å². The van der Waals surface area contributed by atoms with E-state index >= 15 is 0 Å². The summed E-state index contributed by atoms with van der Waals surface area (Å²) in [6, 6.07) is 4.30. The fourth-order valence-electron chi connectivity index (χ4n) is 1.86. The van der Waals surface area contributed by atoms with Gasteiger partial charge in [-0.15, -0.1) is 0 Å². The number of hydrogen-bond donors (Lipinski definition) is 1. The molecule has 0 saturated carbocycles. The van der Waals surface area contributed by atoms with Crippen LogP contribution in [0.3, 0.4) is 0 Å². The van der Waals surface area contributed by atoms with E-state index in [1.807, 2.05) is 0 Å². The zero-order valence-corrected chi connectivity index (χ0v) is 10.7. The Bertz CT molecular complexity index is 363. The predicted molar refractivity (Wildman–Crippen MR) is 65.4 cm³/mol. The molecule has 0 atom stereocenters. The summed E-state index contributed by atoms with van der Waals surface area (Å²) >= 11 is 3.55. The first-order valence-corrected chi connectivity index (χ1v) is 6.13. The molecule has 82 valence electrons. The van der Waals surface area contributed by atoms with Crippen LogP contribution in [0.25, 0.3) is 0 Å². The van der Waals surface area contributed by atoms with Crippen LogP contribution in [0.15, 0.2) is 16.6 Å². The molecule has 15 heavy (non-hydrogen) atoms. The molecule has 1 heterocycles. The number of ether oxygens (including phenoxy) is 1. The highest BCUT2D eigenvalue weighted by Gasteiger charge is 2.16. The zero-order valence-electron chi connectivity index (χ0n) is 9.14. The fraction of sp³-hybridized carbons (Fsp3) is 0.500. The van der Waals surface area contributed by atoms with Gasteiger partial charge in [-0.25, -0.2) is 0 Å². The quantitative estimate of drug-likeness (QED) is 0.846. The van der Waals surface area contributed by atoms with Gasteiger partial charge in [-0.3, -0.25) is 0 Å². The summed E-state index contributed by atoms with van der Waals surface area (Å²) < 4.78 is 6.95. The van der Waals surface area contributed by atoms with Crippen molar-refractivity contribution in [2.75, 3.05) is 13.2 Å². The lowest BCUT2D eigenvalue weighted by Crippen LogP contribution is -2.16. The number of hydrogen-bond acceptors (Lipinski definition) is 2. The largest absolute Gasteiger partial charge is 0.492 e. The van der Waals surface area contributed by atoms with Crippen molar-refractivity contribution in [1.82, 2.24) is 5.32 Å². The highest BCUT2D eigenvalue weighted by Crippen LogP contribution is 2.34. The highest BCUT2D eigenvalue weighted by atomic mass is 79.9. The second-order valence-corrected chi connectivity index (χ2v) is 5.08. The van der Waals surface area contributed by atoms with E-state index in [1.54, 1.807) is 0 Å². The van der Waals surface area contributed by atoms with E-state index < -0.39 is 0 Å². The zero-order chi connectivity index (χ0) is 10.8. The third kappa shape index (κ3) is 2.34. The number of nitrogens with one attached hydrogen (secondary N) is 1. The first-order chi connectivity index (χ1) is 7.18. The summed E-state index contributed by atoms with van der Waals surface area (Å²) in [4.78, 5) is 0. The third-order valence-corrected chi connectivity index (χ3v) is 3.08. The Hall–Kier alpha value is -0.540. The van der Waals surface area contributed by atoms with Gasteiger partial charge >= 0.3 is 0 Å². The van der Waals surface area contributed by atoms with Crippen molar-refractivity contribution >= 4 is 15.9 Å². The molecule has 0 amide bonds. The van der Waals surface area contributed by atoms with Crippen molar-refractivity contribution in [3.05, 3.63) is 27.7 Å². The van der Waals surface area contributed by atoms with Gasteiger partial charge in [-0.2, -0.15) is 0 Å². The van der Waals surface area contributed by atoms with Crippen LogP contribution in [-0.2, 0) is 6.54 Å². The Morgan fingerprint density at radius 2 is 2.20 bits per heavy atom. The van der Waals surface area contributed by atoms with Gasteiger partial charge < -0.3 is 10.1 Å². The second kappa shape index (κ2) is 4.54. The van der Waals surface area contributed by atoms with E-state index in [0.29, 0.717) is 5.92 Å². The van der Waals surface area contributed by atoms with E-state index in [-0.39, 0.29) is 0 Å². The summed E-state index contributed by atoms with van der Waals surface area (Å²) in [5.74, 6) is 1.58. The molecular weight excluding hydrogens is 254 g/mol. The third-order valence-electron chi connectivity index (χ3n) is 2.62. The van der Waals surface area contributed by atoms with E-state index in [2.05, 4.69) is 47.2 Å². The Labute approximate surface area is 99.1 Å². The molecule has 0 aromatic heterocycles. The predicted octanol–water partition coefficient (Wildman–Crippen LogP) is 3.05. The Morgan fingerprint density at radius 3 is 2.93 bits per heavy atom. The smallest absolute Gasteiger partial charge is 0.127 e. The van der Waals surface area contributed by atoms with Crippen LogP contribution < -0.4 is 10.1 Å². The summed E-state index contributed by atoms with van der Waals surface area (Å²) in [5, 5.41) is 3.35. The molecule has 0 spiro atoms. The first-order valence-electron chi connectivity index (χ1n) is 5.34. The van der Waals surface area contributed by atoms with Crippen molar-refractivity contribution in [3.8, 4) is 5.75 Å². The van der Waals surface area contributed by atoms with Crippen LogP contribution in [0.4, 0.5) is 0 Å². The average molecular weight is 270 g/mol. The van der Waals surface area contributed by atoms with E-state index in [0.717, 1.165) is 29.9 Å². The second-order valence-electron chi connectivity index (χ2n) is 4.16. The lowest BCUT2D eigenvalue weighted by molar-refractivity contribution is 0.321. The van der Waals surface area contributed by atoms with Gasteiger partial charge in [0.05, 0.1) is 0 Å². The molecule has 2 rings (SSSR count). The van der Waals surface area contributed by atoms with Crippen LogP contribution in [-0.4, -0.2) is 13.2 Å². The molecule has 0 fully saturated rings. The minimum Gasteiger partial charge on any atom is -0.492 e. The highest BCUT2D eigenvalue weighted by molar-refractivity contribution is 9.10. The molecule has 1 aromatic rings. The lowest BCUT2D eigenvalue weighted by atomic mass is 9.99. The van der Waals surface area contributed by atoms with Crippen LogP contribution >= 0.6 is 15.9 Å². The Morgan fingerprint density at radius 1 is 1.40 bits per heavy atom. The minimum absolute atomic E-state index is 0.495. The molecular formula is C12H16BrNO. The number of fused-ring (bicyclic) bond motifs is 1. The molecule has 0 saturated heterocycles. The summed E-state index contributed by atoms with van der Waals surface area (Å²) in [7, 11) is 0. The van der Waals surface area contributed by atoms with Crippen molar-refractivity contribution in [2.45, 2.75) is 26.3 Å². The van der Waals surface area contributed by atoms with Gasteiger partial charge in [-0.05, 0) is 23.6 Å². The summed E-state index contributed by atoms with van der Waals surface area (Å²) in [5.41, 5.74) is 2.55. The van der Waals surface area contributed by atoms with Crippen molar-refractivity contribution < 1.29 is 4.74 Å². The van der Waals surface area contributed by atoms with Crippen molar-refractivity contribution in [2.24, 2.45) is 0 Å². The monoisotopic (exact) mass is 269 g/mol. The summed E-state index contributed by atoms with van der Waals surface area (Å²) in [6.07, 6.45) is 0. The van der Waals surface area contributed by atoms with E-state index in [4.69, 9.17) is 4.74 Å². The standard InChI is InChI=1S/C12H16BrNO/c1-8(2)11-6-10(13)5-9-7-14-3-4-15-12(9)11/h5-6,8,14H,3-4,7H2,1-2H3. The molecule has 1 aliphatic heterocycles. The Balaban J connectivity index is 2.50. The van der Waals surface area contributed by atoms with Crippen LogP contribution in [0, 0.1) is 0 Å². The molecule has 3 heteroatoms. The van der Waals surface area contributed by atoms with Crippen molar-refractivity contribution in [3.63, 3.8) is 0 Å². The van der Waals surface area contributed by atoms with Gasteiger partial charge in [0.2, 0.25) is 0 Å². The molecule has 1 N–H and O–H groups in total. The van der Waals surface area contributed by atoms with E-state index in [9.17, 15) is 0 Å². The molecule has 0 bridgehead atoms. The SMILES string of the molecule is CC(C)c1cc(Br)cc2c1OCCNC2. The van der Waals surface area contributed by atoms with E-state index in [1.165, 1.54) is 11.1 Å². The fourth-order valence-corrected chi connectivity index (χ4v) is 2.38.